The third kappa shape index (κ3) is 7.75. The highest BCUT2D eigenvalue weighted by molar-refractivity contribution is 7.97. The van der Waals surface area contributed by atoms with Gasteiger partial charge < -0.3 is 4.74 Å². The van der Waals surface area contributed by atoms with E-state index < -0.39 is 144 Å². The largest absolute Gasteiger partial charge is 0.497 e. The maximum atomic E-state index is 15.4. The number of hydrogen-bond donors (Lipinski definition) is 0. The molecular formula is C43H17BF20OS. The summed E-state index contributed by atoms with van der Waals surface area (Å²) in [6.07, 6.45) is -7.22. The Kier molecular flexibility index (Phi) is 13.8. The maximum absolute atomic E-state index is 15.4. The molecule has 0 spiro atoms. The van der Waals surface area contributed by atoms with E-state index in [4.69, 9.17) is 4.74 Å². The average molecular weight is 972 g/mol. The van der Waals surface area contributed by atoms with E-state index in [2.05, 4.69) is 72.8 Å². The van der Waals surface area contributed by atoms with E-state index in [1.54, 1.807) is 7.11 Å². The summed E-state index contributed by atoms with van der Waals surface area (Å²) in [5.74, 6) is -70.5. The highest BCUT2D eigenvalue weighted by Crippen LogP contribution is 2.33. The summed E-state index contributed by atoms with van der Waals surface area (Å²) in [4.78, 5) is 3.95. The van der Waals surface area contributed by atoms with Crippen molar-refractivity contribution in [2.45, 2.75) is 14.7 Å². The quantitative estimate of drug-likeness (QED) is 0.0485. The average Bonchev–Trinajstić information content (AvgIpc) is 3.32. The molecule has 0 fully saturated rings. The van der Waals surface area contributed by atoms with Crippen LogP contribution in [0.3, 0.4) is 0 Å². The lowest BCUT2D eigenvalue weighted by atomic mass is 9.12. The minimum Gasteiger partial charge on any atom is -0.497 e. The number of rotatable bonds is 8. The van der Waals surface area contributed by atoms with Gasteiger partial charge in [-0.05, 0) is 48.5 Å². The van der Waals surface area contributed by atoms with Crippen LogP contribution in [0.25, 0.3) is 0 Å². The zero-order valence-corrected chi connectivity index (χ0v) is 32.9. The first-order valence-electron chi connectivity index (χ1n) is 17.8. The lowest BCUT2D eigenvalue weighted by molar-refractivity contribution is 0.378. The van der Waals surface area contributed by atoms with E-state index in [9.17, 15) is 52.7 Å². The van der Waals surface area contributed by atoms with Crippen molar-refractivity contribution in [1.82, 2.24) is 0 Å². The monoisotopic (exact) mass is 972 g/mol. The van der Waals surface area contributed by atoms with Gasteiger partial charge in [-0.1, -0.05) is 36.4 Å². The van der Waals surface area contributed by atoms with Crippen molar-refractivity contribution in [3.63, 3.8) is 0 Å². The molecule has 66 heavy (non-hydrogen) atoms. The molecule has 7 rings (SSSR count). The molecule has 23 heteroatoms. The molecule has 0 amide bonds. The Labute approximate surface area is 359 Å². The van der Waals surface area contributed by atoms with E-state index in [0.29, 0.717) is 0 Å². The lowest BCUT2D eigenvalue weighted by Gasteiger charge is -2.44. The second-order valence-corrected chi connectivity index (χ2v) is 15.4. The zero-order chi connectivity index (χ0) is 48.8. The van der Waals surface area contributed by atoms with E-state index >= 15 is 35.1 Å². The standard InChI is InChI=1S/C24BF20.C19H17OS/c26-5-1(6(27)14(35)21(42)13(5)34)25(2-7(28)15(36)22(43)16(37)8(2)29,3-9(30)17(38)23(44)18(39)10(3)31)4-11(32)19(40)24(45)20(41)12(4)33;1-20-16-12-14-19(15-13-16)21(17-8-4-2-5-9-17)18-10-6-3-7-11-18/h;2-15H,1H3/q-1;+1. The fourth-order valence-electron chi connectivity index (χ4n) is 7.11. The normalized spacial score (nSPS) is 11.5. The summed E-state index contributed by atoms with van der Waals surface area (Å²) in [6.45, 7) is 0. The third-order valence-electron chi connectivity index (χ3n) is 9.96. The number of hydrogen-bond acceptors (Lipinski definition) is 1. The van der Waals surface area contributed by atoms with Gasteiger partial charge in [0.1, 0.15) is 58.4 Å². The molecule has 0 N–H and O–H groups in total. The van der Waals surface area contributed by atoms with E-state index in [1.807, 2.05) is 12.1 Å². The fourth-order valence-corrected chi connectivity index (χ4v) is 9.19. The van der Waals surface area contributed by atoms with Gasteiger partial charge in [-0.15, -0.1) is 21.9 Å². The van der Waals surface area contributed by atoms with Crippen LogP contribution in [0.5, 0.6) is 5.75 Å². The summed E-state index contributed by atoms with van der Waals surface area (Å²) in [7, 11) is 1.62. The molecule has 7 aromatic rings. The molecule has 7 aromatic carbocycles. The van der Waals surface area contributed by atoms with E-state index in [0.717, 1.165) is 5.75 Å². The number of methoxy groups -OCH3 is 1. The van der Waals surface area contributed by atoms with Crippen LogP contribution in [0, 0.1) is 116 Å². The fraction of sp³-hybridized carbons (Fsp3) is 0.0233. The van der Waals surface area contributed by atoms with Crippen LogP contribution in [0.2, 0.25) is 0 Å². The summed E-state index contributed by atoms with van der Waals surface area (Å²) < 4.78 is 299. The summed E-state index contributed by atoms with van der Waals surface area (Å²) in [5.41, 5.74) is -14.3. The minimum atomic E-state index is -7.22. The zero-order valence-electron chi connectivity index (χ0n) is 32.0. The molecule has 0 radical (unpaired) electrons. The second kappa shape index (κ2) is 18.7. The van der Waals surface area contributed by atoms with Gasteiger partial charge in [-0.3, -0.25) is 0 Å². The molecule has 0 saturated heterocycles. The Morgan fingerprint density at radius 3 is 0.682 bits per heavy atom. The van der Waals surface area contributed by atoms with Gasteiger partial charge in [-0.25, -0.2) is 87.8 Å². The summed E-state index contributed by atoms with van der Waals surface area (Å²) in [6, 6.07) is 29.7. The third-order valence-corrected chi connectivity index (χ3v) is 12.2. The van der Waals surface area contributed by atoms with Crippen molar-refractivity contribution in [1.29, 1.82) is 0 Å². The molecule has 0 aliphatic heterocycles. The highest BCUT2D eigenvalue weighted by atomic mass is 32.2. The van der Waals surface area contributed by atoms with Crippen LogP contribution < -0.4 is 26.6 Å². The van der Waals surface area contributed by atoms with Gasteiger partial charge in [-0.2, -0.15) is 0 Å². The van der Waals surface area contributed by atoms with Crippen LogP contribution >= 0.6 is 0 Å². The topological polar surface area (TPSA) is 9.23 Å². The number of halogens is 20. The van der Waals surface area contributed by atoms with Crippen molar-refractivity contribution in [3.8, 4) is 5.75 Å². The van der Waals surface area contributed by atoms with Gasteiger partial charge >= 0.3 is 0 Å². The van der Waals surface area contributed by atoms with Crippen molar-refractivity contribution in [3.05, 3.63) is 201 Å². The molecule has 0 aromatic heterocycles. The van der Waals surface area contributed by atoms with E-state index in [1.165, 1.54) is 14.7 Å². The van der Waals surface area contributed by atoms with Gasteiger partial charge in [0, 0.05) is 0 Å². The summed E-state index contributed by atoms with van der Waals surface area (Å²) >= 11 is 0. The van der Waals surface area contributed by atoms with E-state index in [-0.39, 0.29) is 10.9 Å². The first kappa shape index (κ1) is 48.8. The molecule has 0 aliphatic carbocycles. The molecule has 0 aliphatic rings. The Balaban J connectivity index is 0.000000284. The van der Waals surface area contributed by atoms with Crippen LogP contribution in [0.4, 0.5) is 87.8 Å². The molecule has 0 bridgehead atoms. The Hall–Kier alpha value is -6.65. The maximum Gasteiger partial charge on any atom is 0.200 e. The van der Waals surface area contributed by atoms with Crippen LogP contribution in [-0.4, -0.2) is 13.3 Å². The number of ether oxygens (including phenoxy) is 1. The molecule has 0 saturated carbocycles. The van der Waals surface area contributed by atoms with Crippen molar-refractivity contribution in [2.75, 3.05) is 7.11 Å². The highest BCUT2D eigenvalue weighted by Gasteiger charge is 2.52. The van der Waals surface area contributed by atoms with Gasteiger partial charge in [0.05, 0.1) is 18.0 Å². The Bertz CT molecular complexity index is 2590. The number of benzene rings is 7. The molecule has 0 atom stereocenters. The smallest absolute Gasteiger partial charge is 0.200 e. The van der Waals surface area contributed by atoms with Crippen molar-refractivity contribution in [2.24, 2.45) is 0 Å². The first-order valence-corrected chi connectivity index (χ1v) is 19.0. The predicted octanol–water partition coefficient (Wildman–Crippen LogP) is 10.6. The van der Waals surface area contributed by atoms with Crippen molar-refractivity contribution >= 4 is 38.9 Å². The molecule has 0 heterocycles. The lowest BCUT2D eigenvalue weighted by Crippen LogP contribution is -2.81. The van der Waals surface area contributed by atoms with Crippen LogP contribution in [-0.2, 0) is 10.9 Å². The molecule has 1 nitrogen and oxygen atoms in total. The molecule has 0 unspecified atom stereocenters. The molecular weight excluding hydrogens is 955 g/mol. The van der Waals surface area contributed by atoms with Gasteiger partial charge in [0.2, 0.25) is 0 Å². The minimum absolute atomic E-state index is 0.0804. The first-order chi connectivity index (χ1) is 31.1. The van der Waals surface area contributed by atoms with Crippen molar-refractivity contribution < 1.29 is 92.5 Å². The van der Waals surface area contributed by atoms with Crippen LogP contribution in [0.15, 0.2) is 99.6 Å². The second-order valence-electron chi connectivity index (χ2n) is 13.4. The predicted molar refractivity (Wildman–Crippen MR) is 197 cm³/mol. The summed E-state index contributed by atoms with van der Waals surface area (Å²) in [5, 5.41) is 0. The SMILES string of the molecule is COc1ccc([S+](c2ccccc2)c2ccccc2)cc1.Fc1c(F)c(F)c([B-](c2c(F)c(F)c(F)c(F)c2F)(c2c(F)c(F)c(F)c(F)c2F)c2c(F)c(F)c(F)c(F)c2F)c(F)c1F. The van der Waals surface area contributed by atoms with Crippen LogP contribution in [0.1, 0.15) is 0 Å². The molecule has 344 valence electrons. The Morgan fingerprint density at radius 1 is 0.273 bits per heavy atom. The Morgan fingerprint density at radius 2 is 0.470 bits per heavy atom. The van der Waals surface area contributed by atoms with Gasteiger partial charge in [0.15, 0.2) is 84.5 Å². The van der Waals surface area contributed by atoms with Gasteiger partial charge in [0.25, 0.3) is 0 Å².